The number of rotatable bonds is 2. The second-order valence-electron chi connectivity index (χ2n) is 2.74. The summed E-state index contributed by atoms with van der Waals surface area (Å²) < 4.78 is 0. The van der Waals surface area contributed by atoms with Gasteiger partial charge in [0.05, 0.1) is 15.1 Å². The largest absolute Gasteiger partial charge is 0.477 e. The van der Waals surface area contributed by atoms with Crippen molar-refractivity contribution in [2.75, 3.05) is 0 Å². The van der Waals surface area contributed by atoms with Gasteiger partial charge in [0.25, 0.3) is 0 Å². The molecule has 0 aliphatic heterocycles. The van der Waals surface area contributed by atoms with E-state index in [9.17, 15) is 4.79 Å². The van der Waals surface area contributed by atoms with Crippen LogP contribution in [0.1, 0.15) is 5.56 Å². The van der Waals surface area contributed by atoms with Crippen molar-refractivity contribution in [2.24, 2.45) is 0 Å². The van der Waals surface area contributed by atoms with Gasteiger partial charge in [-0.2, -0.15) is 5.26 Å². The van der Waals surface area contributed by atoms with Gasteiger partial charge in [0, 0.05) is 0 Å². The Morgan fingerprint density at radius 3 is 2.44 bits per heavy atom. The highest BCUT2D eigenvalue weighted by atomic mass is 35.5. The monoisotopic (exact) mass is 275 g/mol. The molecule has 0 heterocycles. The third-order valence-corrected chi connectivity index (χ3v) is 3.02. The van der Waals surface area contributed by atoms with Gasteiger partial charge >= 0.3 is 5.97 Å². The lowest BCUT2D eigenvalue weighted by molar-refractivity contribution is -0.132. The first-order chi connectivity index (χ1) is 7.47. The SMILES string of the molecule is N#CC(=Cc1ccc(Cl)c(Cl)c1Cl)C(=O)O. The third-order valence-electron chi connectivity index (χ3n) is 1.72. The van der Waals surface area contributed by atoms with Gasteiger partial charge < -0.3 is 5.11 Å². The second-order valence-corrected chi connectivity index (χ2v) is 3.90. The molecule has 0 aromatic heterocycles. The van der Waals surface area contributed by atoms with Crippen LogP contribution in [-0.2, 0) is 4.79 Å². The molecule has 0 saturated heterocycles. The van der Waals surface area contributed by atoms with Crippen LogP contribution in [0.4, 0.5) is 0 Å². The van der Waals surface area contributed by atoms with E-state index in [4.69, 9.17) is 45.2 Å². The summed E-state index contributed by atoms with van der Waals surface area (Å²) >= 11 is 17.3. The van der Waals surface area contributed by atoms with Gasteiger partial charge in [0.1, 0.15) is 11.6 Å². The minimum Gasteiger partial charge on any atom is -0.477 e. The van der Waals surface area contributed by atoms with Crippen molar-refractivity contribution in [2.45, 2.75) is 0 Å². The van der Waals surface area contributed by atoms with E-state index in [0.29, 0.717) is 5.56 Å². The Hall–Kier alpha value is -1.21. The molecule has 3 nitrogen and oxygen atoms in total. The molecule has 1 N–H and O–H groups in total. The first-order valence-electron chi connectivity index (χ1n) is 3.96. The molecule has 0 amide bonds. The lowest BCUT2D eigenvalue weighted by Gasteiger charge is -2.02. The summed E-state index contributed by atoms with van der Waals surface area (Å²) in [5.41, 5.74) is -0.102. The number of carbonyl (C=O) groups is 1. The highest BCUT2D eigenvalue weighted by Crippen LogP contribution is 2.33. The summed E-state index contributed by atoms with van der Waals surface area (Å²) in [7, 11) is 0. The maximum atomic E-state index is 10.6. The number of carboxylic acids is 1. The summed E-state index contributed by atoms with van der Waals surface area (Å²) in [5, 5.41) is 17.7. The predicted octanol–water partition coefficient (Wildman–Crippen LogP) is 3.64. The van der Waals surface area contributed by atoms with E-state index in [1.54, 1.807) is 0 Å². The maximum Gasteiger partial charge on any atom is 0.346 e. The van der Waals surface area contributed by atoms with Gasteiger partial charge in [0.15, 0.2) is 0 Å². The molecule has 16 heavy (non-hydrogen) atoms. The molecule has 1 rings (SSSR count). The van der Waals surface area contributed by atoms with Crippen molar-refractivity contribution < 1.29 is 9.90 Å². The van der Waals surface area contributed by atoms with Crippen molar-refractivity contribution in [3.05, 3.63) is 38.3 Å². The van der Waals surface area contributed by atoms with Crippen molar-refractivity contribution in [3.8, 4) is 6.07 Å². The standard InChI is InChI=1S/C10H4Cl3NO2/c11-7-2-1-5(8(12)9(7)13)3-6(4-14)10(15)16/h1-3H,(H,15,16). The number of benzene rings is 1. The Morgan fingerprint density at radius 1 is 1.31 bits per heavy atom. The molecule has 0 atom stereocenters. The van der Waals surface area contributed by atoms with Crippen molar-refractivity contribution in [3.63, 3.8) is 0 Å². The van der Waals surface area contributed by atoms with Gasteiger partial charge in [-0.1, -0.05) is 40.9 Å². The smallest absolute Gasteiger partial charge is 0.346 e. The molecule has 0 aliphatic carbocycles. The first kappa shape index (κ1) is 12.9. The van der Waals surface area contributed by atoms with Crippen LogP contribution in [0.25, 0.3) is 6.08 Å². The normalized spacial score (nSPS) is 11.0. The molecule has 82 valence electrons. The van der Waals surface area contributed by atoms with Gasteiger partial charge in [-0.15, -0.1) is 0 Å². The van der Waals surface area contributed by atoms with Crippen molar-refractivity contribution >= 4 is 46.8 Å². The Balaban J connectivity index is 3.32. The summed E-state index contributed by atoms with van der Waals surface area (Å²) in [6, 6.07) is 4.49. The van der Waals surface area contributed by atoms with Crippen LogP contribution in [-0.4, -0.2) is 11.1 Å². The predicted molar refractivity (Wildman–Crippen MR) is 62.7 cm³/mol. The quantitative estimate of drug-likeness (QED) is 0.509. The Morgan fingerprint density at radius 2 is 1.94 bits per heavy atom. The zero-order chi connectivity index (χ0) is 12.3. The summed E-state index contributed by atoms with van der Waals surface area (Å²) in [6.07, 6.45) is 1.13. The Bertz CT molecular complexity index is 518. The maximum absolute atomic E-state index is 10.6. The average Bonchev–Trinajstić information content (AvgIpc) is 2.25. The number of carboxylic acid groups (broad SMARTS) is 1. The molecule has 0 radical (unpaired) electrons. The minimum absolute atomic E-state index is 0.114. The number of halogens is 3. The zero-order valence-electron chi connectivity index (χ0n) is 7.67. The lowest BCUT2D eigenvalue weighted by Crippen LogP contribution is -1.97. The molecular weight excluding hydrogens is 272 g/mol. The molecule has 0 spiro atoms. The first-order valence-corrected chi connectivity index (χ1v) is 5.09. The van der Waals surface area contributed by atoms with Crippen LogP contribution in [0.5, 0.6) is 0 Å². The molecule has 0 aliphatic rings. The second kappa shape index (κ2) is 5.22. The van der Waals surface area contributed by atoms with Crippen LogP contribution in [0.3, 0.4) is 0 Å². The molecule has 0 unspecified atom stereocenters. The fraction of sp³-hybridized carbons (Fsp3) is 0. The lowest BCUT2D eigenvalue weighted by atomic mass is 10.1. The van der Waals surface area contributed by atoms with Crippen molar-refractivity contribution in [1.82, 2.24) is 0 Å². The molecule has 0 saturated carbocycles. The van der Waals surface area contributed by atoms with Gasteiger partial charge in [-0.25, -0.2) is 4.79 Å². The average molecular weight is 277 g/mol. The zero-order valence-corrected chi connectivity index (χ0v) is 9.94. The van der Waals surface area contributed by atoms with E-state index in [0.717, 1.165) is 6.08 Å². The van der Waals surface area contributed by atoms with Crippen LogP contribution in [0.15, 0.2) is 17.7 Å². The highest BCUT2D eigenvalue weighted by molar-refractivity contribution is 6.48. The topological polar surface area (TPSA) is 61.1 Å². The number of aliphatic carboxylic acids is 1. The fourth-order valence-corrected chi connectivity index (χ4v) is 1.55. The summed E-state index contributed by atoms with van der Waals surface area (Å²) in [4.78, 5) is 10.6. The Labute approximate surface area is 106 Å². The van der Waals surface area contributed by atoms with E-state index in [1.165, 1.54) is 18.2 Å². The van der Waals surface area contributed by atoms with Crippen LogP contribution in [0.2, 0.25) is 15.1 Å². The van der Waals surface area contributed by atoms with E-state index in [1.807, 2.05) is 0 Å². The summed E-state index contributed by atoms with van der Waals surface area (Å²) in [5.74, 6) is -1.33. The Kier molecular flexibility index (Phi) is 4.19. The number of hydrogen-bond acceptors (Lipinski definition) is 2. The third kappa shape index (κ3) is 2.67. The number of hydrogen-bond donors (Lipinski definition) is 1. The van der Waals surface area contributed by atoms with E-state index >= 15 is 0 Å². The van der Waals surface area contributed by atoms with E-state index in [-0.39, 0.29) is 15.1 Å². The highest BCUT2D eigenvalue weighted by Gasteiger charge is 2.11. The molecular formula is C10H4Cl3NO2. The molecule has 1 aromatic rings. The van der Waals surface area contributed by atoms with E-state index < -0.39 is 11.5 Å². The number of nitrogens with zero attached hydrogens (tertiary/aromatic N) is 1. The van der Waals surface area contributed by atoms with Crippen LogP contribution < -0.4 is 0 Å². The number of nitriles is 1. The van der Waals surface area contributed by atoms with Gasteiger partial charge in [-0.3, -0.25) is 0 Å². The molecule has 0 bridgehead atoms. The van der Waals surface area contributed by atoms with E-state index in [2.05, 4.69) is 0 Å². The molecule has 0 fully saturated rings. The summed E-state index contributed by atoms with van der Waals surface area (Å²) in [6.45, 7) is 0. The van der Waals surface area contributed by atoms with Crippen molar-refractivity contribution in [1.29, 1.82) is 5.26 Å². The fourth-order valence-electron chi connectivity index (χ4n) is 0.950. The van der Waals surface area contributed by atoms with Crippen LogP contribution in [0, 0.1) is 11.3 Å². The molecule has 1 aromatic carbocycles. The molecule has 6 heteroatoms. The minimum atomic E-state index is -1.33. The van der Waals surface area contributed by atoms with Crippen LogP contribution >= 0.6 is 34.8 Å². The van der Waals surface area contributed by atoms with Gasteiger partial charge in [-0.05, 0) is 17.7 Å². The van der Waals surface area contributed by atoms with Gasteiger partial charge in [0.2, 0.25) is 0 Å².